The van der Waals surface area contributed by atoms with E-state index in [2.05, 4.69) is 12.5 Å². The summed E-state index contributed by atoms with van der Waals surface area (Å²) in [5.41, 5.74) is 0.776. The van der Waals surface area contributed by atoms with Crippen LogP contribution in [0, 0.1) is 12.3 Å². The van der Waals surface area contributed by atoms with Gasteiger partial charge in [-0.05, 0) is 0 Å². The molecule has 0 N–H and O–H groups in total. The Balaban J connectivity index is 3.02. The van der Waals surface area contributed by atoms with E-state index in [1.165, 1.54) is 6.20 Å². The minimum Gasteiger partial charge on any atom is -0.353 e. The molecule has 1 rings (SSSR count). The molecule has 1 aliphatic rings. The normalized spacial score (nSPS) is 17.2. The molecular weight excluding hydrogens is 141 g/mol. The van der Waals surface area contributed by atoms with E-state index in [9.17, 15) is 4.39 Å². The van der Waals surface area contributed by atoms with Crippen LogP contribution in [0.1, 0.15) is 0 Å². The van der Waals surface area contributed by atoms with Gasteiger partial charge in [0.15, 0.2) is 0 Å². The average Bonchev–Trinajstić information content (AvgIpc) is 1.96. The lowest BCUT2D eigenvalue weighted by Crippen LogP contribution is -2.09. The quantitative estimate of drug-likeness (QED) is 0.475. The second-order valence-electron chi connectivity index (χ2n) is 2.31. The molecule has 0 aromatic heterocycles. The molecule has 0 aliphatic carbocycles. The Morgan fingerprint density at radius 2 is 2.27 bits per heavy atom. The van der Waals surface area contributed by atoms with Crippen LogP contribution >= 0.6 is 0 Å². The Hall–Kier alpha value is -1.49. The Labute approximate surface area is 65.5 Å². The summed E-state index contributed by atoms with van der Waals surface area (Å²) in [6.07, 6.45) is 8.11. The predicted octanol–water partition coefficient (Wildman–Crippen LogP) is 1.82. The van der Waals surface area contributed by atoms with E-state index >= 15 is 0 Å². The van der Waals surface area contributed by atoms with Gasteiger partial charge in [0.1, 0.15) is 5.83 Å². The van der Waals surface area contributed by atoms with Gasteiger partial charge in [-0.2, -0.15) is 0 Å². The summed E-state index contributed by atoms with van der Waals surface area (Å²) < 4.78 is 12.8. The van der Waals surface area contributed by atoms with Crippen molar-refractivity contribution in [3.05, 3.63) is 36.0 Å². The summed E-state index contributed by atoms with van der Waals surface area (Å²) in [7, 11) is 1.71. The Morgan fingerprint density at radius 1 is 1.64 bits per heavy atom. The summed E-state index contributed by atoms with van der Waals surface area (Å²) in [5.74, 6) is 1.98. The zero-order valence-corrected chi connectivity index (χ0v) is 6.26. The summed E-state index contributed by atoms with van der Waals surface area (Å²) in [6, 6.07) is 0. The zero-order chi connectivity index (χ0) is 8.43. The molecule has 11 heavy (non-hydrogen) atoms. The van der Waals surface area contributed by atoms with Gasteiger partial charge in [-0.1, -0.05) is 12.5 Å². The van der Waals surface area contributed by atoms with Crippen LogP contribution in [0.15, 0.2) is 36.0 Å². The summed E-state index contributed by atoms with van der Waals surface area (Å²) in [5, 5.41) is 0. The van der Waals surface area contributed by atoms with Crippen molar-refractivity contribution in [1.29, 1.82) is 0 Å². The van der Waals surface area contributed by atoms with E-state index < -0.39 is 0 Å². The van der Waals surface area contributed by atoms with Gasteiger partial charge in [0.25, 0.3) is 0 Å². The van der Waals surface area contributed by atoms with Gasteiger partial charge < -0.3 is 4.90 Å². The molecule has 0 saturated carbocycles. The van der Waals surface area contributed by atoms with Crippen molar-refractivity contribution in [2.75, 3.05) is 7.05 Å². The van der Waals surface area contributed by atoms with E-state index in [0.717, 1.165) is 0 Å². The SMILES string of the molecule is C#CC1=CN(C)C=C(F)C1=C. The van der Waals surface area contributed by atoms with E-state index in [1.54, 1.807) is 18.1 Å². The first-order chi connectivity index (χ1) is 5.15. The highest BCUT2D eigenvalue weighted by Gasteiger charge is 2.11. The molecule has 0 radical (unpaired) electrons. The third kappa shape index (κ3) is 1.32. The van der Waals surface area contributed by atoms with E-state index in [0.29, 0.717) is 5.57 Å². The smallest absolute Gasteiger partial charge is 0.147 e. The lowest BCUT2D eigenvalue weighted by Gasteiger charge is -2.16. The molecule has 0 spiro atoms. The maximum Gasteiger partial charge on any atom is 0.147 e. The first kappa shape index (κ1) is 7.62. The van der Waals surface area contributed by atoms with E-state index in [1.807, 2.05) is 0 Å². The van der Waals surface area contributed by atoms with Gasteiger partial charge in [0, 0.05) is 25.0 Å². The Morgan fingerprint density at radius 3 is 2.82 bits per heavy atom. The van der Waals surface area contributed by atoms with Crippen molar-refractivity contribution < 1.29 is 4.39 Å². The van der Waals surface area contributed by atoms with Crippen molar-refractivity contribution in [2.24, 2.45) is 0 Å². The lowest BCUT2D eigenvalue weighted by atomic mass is 10.1. The highest BCUT2D eigenvalue weighted by molar-refractivity contribution is 5.52. The Kier molecular flexibility index (Phi) is 1.82. The molecule has 0 fully saturated rings. The molecular formula is C9H8FN. The molecule has 0 unspecified atom stereocenters. The highest BCUT2D eigenvalue weighted by atomic mass is 19.1. The van der Waals surface area contributed by atoms with Gasteiger partial charge >= 0.3 is 0 Å². The predicted molar refractivity (Wildman–Crippen MR) is 43.0 cm³/mol. The molecule has 0 amide bonds. The van der Waals surface area contributed by atoms with Crippen LogP contribution in [-0.2, 0) is 0 Å². The molecule has 0 aromatic carbocycles. The maximum atomic E-state index is 12.8. The molecule has 0 atom stereocenters. The van der Waals surface area contributed by atoms with Crippen LogP contribution in [0.25, 0.3) is 0 Å². The monoisotopic (exact) mass is 149 g/mol. The summed E-state index contributed by atoms with van der Waals surface area (Å²) in [4.78, 5) is 1.57. The largest absolute Gasteiger partial charge is 0.353 e. The van der Waals surface area contributed by atoms with Gasteiger partial charge in [-0.3, -0.25) is 0 Å². The van der Waals surface area contributed by atoms with Crippen molar-refractivity contribution in [3.8, 4) is 12.3 Å². The standard InChI is InChI=1S/C9H8FN/c1-4-8-5-11(3)6-9(10)7(8)2/h1,5-6H,2H2,3H3. The molecule has 56 valence electrons. The molecule has 2 heteroatoms. The topological polar surface area (TPSA) is 3.24 Å². The van der Waals surface area contributed by atoms with Gasteiger partial charge in [0.2, 0.25) is 0 Å². The van der Waals surface area contributed by atoms with E-state index in [-0.39, 0.29) is 11.4 Å². The molecule has 0 aromatic rings. The van der Waals surface area contributed by atoms with Crippen molar-refractivity contribution in [3.63, 3.8) is 0 Å². The van der Waals surface area contributed by atoms with Crippen LogP contribution in [0.5, 0.6) is 0 Å². The fraction of sp³-hybridized carbons (Fsp3) is 0.111. The minimum atomic E-state index is -0.372. The number of rotatable bonds is 0. The molecule has 1 nitrogen and oxygen atoms in total. The number of terminal acetylenes is 1. The van der Waals surface area contributed by atoms with Gasteiger partial charge in [0.05, 0.1) is 5.57 Å². The third-order valence-corrected chi connectivity index (χ3v) is 1.42. The van der Waals surface area contributed by atoms with Crippen LogP contribution in [0.4, 0.5) is 4.39 Å². The molecule has 1 aliphatic heterocycles. The minimum absolute atomic E-state index is 0.283. The van der Waals surface area contributed by atoms with Crippen LogP contribution < -0.4 is 0 Å². The second-order valence-corrected chi connectivity index (χ2v) is 2.31. The summed E-state index contributed by atoms with van der Waals surface area (Å²) >= 11 is 0. The van der Waals surface area contributed by atoms with Gasteiger partial charge in [-0.15, -0.1) is 6.42 Å². The van der Waals surface area contributed by atoms with Crippen LogP contribution in [-0.4, -0.2) is 11.9 Å². The van der Waals surface area contributed by atoms with E-state index in [4.69, 9.17) is 6.42 Å². The molecule has 1 heterocycles. The average molecular weight is 149 g/mol. The number of nitrogens with zero attached hydrogens (tertiary/aromatic N) is 1. The highest BCUT2D eigenvalue weighted by Crippen LogP contribution is 2.22. The zero-order valence-electron chi connectivity index (χ0n) is 6.26. The fourth-order valence-corrected chi connectivity index (χ4v) is 0.829. The third-order valence-electron chi connectivity index (χ3n) is 1.42. The second kappa shape index (κ2) is 2.63. The number of hydrogen-bond donors (Lipinski definition) is 0. The summed E-state index contributed by atoms with van der Waals surface area (Å²) in [6.45, 7) is 3.50. The molecule has 0 saturated heterocycles. The number of halogens is 1. The van der Waals surface area contributed by atoms with Crippen molar-refractivity contribution in [1.82, 2.24) is 4.90 Å². The number of hydrogen-bond acceptors (Lipinski definition) is 1. The van der Waals surface area contributed by atoms with Crippen LogP contribution in [0.3, 0.4) is 0 Å². The molecule has 0 bridgehead atoms. The van der Waals surface area contributed by atoms with Crippen molar-refractivity contribution >= 4 is 0 Å². The van der Waals surface area contributed by atoms with Crippen molar-refractivity contribution in [2.45, 2.75) is 0 Å². The van der Waals surface area contributed by atoms with Crippen LogP contribution in [0.2, 0.25) is 0 Å². The lowest BCUT2D eigenvalue weighted by molar-refractivity contribution is 0.551. The first-order valence-electron chi connectivity index (χ1n) is 3.12. The first-order valence-corrected chi connectivity index (χ1v) is 3.12. The fourth-order valence-electron chi connectivity index (χ4n) is 0.829. The number of allylic oxidation sites excluding steroid dienone is 3. The Bertz CT molecular complexity index is 291. The van der Waals surface area contributed by atoms with Gasteiger partial charge in [-0.25, -0.2) is 4.39 Å². The maximum absolute atomic E-state index is 12.8.